The molecule has 0 atom stereocenters. The van der Waals surface area contributed by atoms with Crippen molar-refractivity contribution in [1.82, 2.24) is 4.40 Å². The van der Waals surface area contributed by atoms with Gasteiger partial charge in [0, 0.05) is 21.5 Å². The third kappa shape index (κ3) is 2.96. The fourth-order valence-electron chi connectivity index (χ4n) is 7.39. The molecule has 7 aromatic carbocycles. The Balaban J connectivity index is 1.59. The standard InChI is InChI=1S/C40H27N/c1-24-12-3-7-16-28(24)36-30-18-9-5-14-26(30)22-34-38(36)32-20-11-21-33-39-35(41(34)40(32)33)23-27-15-6-10-19-31(27)37(39)29-17-8-4-13-25(29)2/h3-23H,1-2H3. The first kappa shape index (κ1) is 22.7. The number of hydrogen-bond acceptors (Lipinski definition) is 0. The van der Waals surface area contributed by atoms with Crippen molar-refractivity contribution in [2.75, 3.05) is 0 Å². The highest BCUT2D eigenvalue weighted by Crippen LogP contribution is 2.49. The minimum absolute atomic E-state index is 1.27. The van der Waals surface area contributed by atoms with E-state index in [1.807, 2.05) is 0 Å². The van der Waals surface area contributed by atoms with Crippen LogP contribution in [0.2, 0.25) is 0 Å². The SMILES string of the molecule is Cc1ccccc1-c1c2ccccc2cc2c1c1cccc3c4c(-c5ccccc5C)c5ccccc5cc4n2c13. The highest BCUT2D eigenvalue weighted by molar-refractivity contribution is 6.32. The first-order chi connectivity index (χ1) is 20.2. The van der Waals surface area contributed by atoms with Gasteiger partial charge in [0.15, 0.2) is 0 Å². The number of hydrogen-bond donors (Lipinski definition) is 0. The van der Waals surface area contributed by atoms with E-state index in [-0.39, 0.29) is 0 Å². The van der Waals surface area contributed by atoms with Crippen LogP contribution in [0.25, 0.3) is 81.9 Å². The van der Waals surface area contributed by atoms with Gasteiger partial charge in [-0.1, -0.05) is 115 Å². The summed E-state index contributed by atoms with van der Waals surface area (Å²) in [5, 5.41) is 10.5. The minimum atomic E-state index is 1.27. The third-order valence-corrected chi connectivity index (χ3v) is 9.17. The van der Waals surface area contributed by atoms with Crippen molar-refractivity contribution < 1.29 is 0 Å². The lowest BCUT2D eigenvalue weighted by atomic mass is 9.89. The van der Waals surface area contributed by atoms with E-state index in [1.54, 1.807) is 0 Å². The molecule has 0 aliphatic carbocycles. The number of fused-ring (bicyclic) bond motifs is 8. The summed E-state index contributed by atoms with van der Waals surface area (Å²) < 4.78 is 2.55. The topological polar surface area (TPSA) is 4.41 Å². The summed E-state index contributed by atoms with van der Waals surface area (Å²) in [5.41, 5.74) is 11.7. The fourth-order valence-corrected chi connectivity index (χ4v) is 7.39. The Bertz CT molecular complexity index is 2320. The summed E-state index contributed by atoms with van der Waals surface area (Å²) in [7, 11) is 0. The summed E-state index contributed by atoms with van der Waals surface area (Å²) in [6.07, 6.45) is 0. The van der Waals surface area contributed by atoms with Crippen LogP contribution >= 0.6 is 0 Å². The van der Waals surface area contributed by atoms with Crippen molar-refractivity contribution in [3.05, 3.63) is 139 Å². The monoisotopic (exact) mass is 521 g/mol. The molecule has 0 saturated heterocycles. The number of aromatic nitrogens is 1. The maximum Gasteiger partial charge on any atom is 0.0620 e. The quantitative estimate of drug-likeness (QED) is 0.213. The summed E-state index contributed by atoms with van der Waals surface area (Å²) in [6.45, 7) is 4.46. The number of para-hydroxylation sites is 1. The van der Waals surface area contributed by atoms with E-state index in [0.717, 1.165) is 0 Å². The van der Waals surface area contributed by atoms with Gasteiger partial charge in [0.1, 0.15) is 0 Å². The molecule has 0 aliphatic rings. The second-order valence-corrected chi connectivity index (χ2v) is 11.4. The second-order valence-electron chi connectivity index (χ2n) is 11.4. The zero-order valence-electron chi connectivity index (χ0n) is 23.1. The molecule has 0 aliphatic heterocycles. The number of benzene rings is 7. The van der Waals surface area contributed by atoms with Crippen molar-refractivity contribution >= 4 is 59.6 Å². The van der Waals surface area contributed by atoms with Crippen LogP contribution in [0, 0.1) is 13.8 Å². The van der Waals surface area contributed by atoms with E-state index in [0.29, 0.717) is 0 Å². The highest BCUT2D eigenvalue weighted by Gasteiger charge is 2.24. The van der Waals surface area contributed by atoms with Crippen LogP contribution in [0.15, 0.2) is 127 Å². The summed E-state index contributed by atoms with van der Waals surface area (Å²) in [6, 6.07) is 47.1. The molecule has 9 rings (SSSR count). The lowest BCUT2D eigenvalue weighted by Gasteiger charge is -2.15. The van der Waals surface area contributed by atoms with E-state index < -0.39 is 0 Å². The molecule has 41 heavy (non-hydrogen) atoms. The first-order valence-corrected chi connectivity index (χ1v) is 14.4. The maximum atomic E-state index is 2.55. The third-order valence-electron chi connectivity index (χ3n) is 9.17. The van der Waals surface area contributed by atoms with Gasteiger partial charge in [-0.25, -0.2) is 0 Å². The Labute approximate surface area is 238 Å². The van der Waals surface area contributed by atoms with Crippen LogP contribution in [0.1, 0.15) is 11.1 Å². The van der Waals surface area contributed by atoms with Gasteiger partial charge in [-0.05, 0) is 80.9 Å². The van der Waals surface area contributed by atoms with Gasteiger partial charge < -0.3 is 4.40 Å². The van der Waals surface area contributed by atoms with Crippen LogP contribution < -0.4 is 0 Å². The van der Waals surface area contributed by atoms with Crippen molar-refractivity contribution in [2.45, 2.75) is 13.8 Å². The molecule has 0 unspecified atom stereocenters. The molecular formula is C40H27N. The molecule has 2 heterocycles. The van der Waals surface area contributed by atoms with Crippen molar-refractivity contribution in [2.24, 2.45) is 0 Å². The fraction of sp³-hybridized carbons (Fsp3) is 0.0500. The number of aryl methyl sites for hydroxylation is 2. The molecule has 9 aromatic rings. The Morgan fingerprint density at radius 3 is 1.32 bits per heavy atom. The largest absolute Gasteiger partial charge is 0.308 e. The van der Waals surface area contributed by atoms with Crippen LogP contribution in [0.4, 0.5) is 0 Å². The number of rotatable bonds is 2. The van der Waals surface area contributed by atoms with E-state index in [9.17, 15) is 0 Å². The normalized spacial score (nSPS) is 12.1. The molecule has 0 saturated carbocycles. The average molecular weight is 522 g/mol. The molecular weight excluding hydrogens is 494 g/mol. The molecule has 0 radical (unpaired) electrons. The van der Waals surface area contributed by atoms with Crippen molar-refractivity contribution in [3.63, 3.8) is 0 Å². The first-order valence-electron chi connectivity index (χ1n) is 14.4. The summed E-state index contributed by atoms with van der Waals surface area (Å²) in [4.78, 5) is 0. The minimum Gasteiger partial charge on any atom is -0.308 e. The van der Waals surface area contributed by atoms with Crippen molar-refractivity contribution in [1.29, 1.82) is 0 Å². The molecule has 1 nitrogen and oxygen atoms in total. The Hall–Kier alpha value is -5.14. The van der Waals surface area contributed by atoms with Crippen LogP contribution in [-0.4, -0.2) is 4.40 Å². The summed E-state index contributed by atoms with van der Waals surface area (Å²) in [5.74, 6) is 0. The summed E-state index contributed by atoms with van der Waals surface area (Å²) >= 11 is 0. The molecule has 1 heteroatoms. The van der Waals surface area contributed by atoms with Crippen LogP contribution in [-0.2, 0) is 0 Å². The van der Waals surface area contributed by atoms with Gasteiger partial charge in [0.2, 0.25) is 0 Å². The zero-order valence-corrected chi connectivity index (χ0v) is 23.1. The van der Waals surface area contributed by atoms with E-state index in [4.69, 9.17) is 0 Å². The predicted octanol–water partition coefficient (Wildman–Crippen LogP) is 11.1. The van der Waals surface area contributed by atoms with E-state index in [2.05, 4.69) is 146 Å². The Morgan fingerprint density at radius 1 is 0.415 bits per heavy atom. The molecule has 0 spiro atoms. The van der Waals surface area contributed by atoms with Gasteiger partial charge in [-0.15, -0.1) is 0 Å². The average Bonchev–Trinajstić information content (AvgIpc) is 3.51. The van der Waals surface area contributed by atoms with Gasteiger partial charge in [-0.3, -0.25) is 0 Å². The van der Waals surface area contributed by atoms with E-state index >= 15 is 0 Å². The van der Waals surface area contributed by atoms with Gasteiger partial charge in [-0.2, -0.15) is 0 Å². The lowest BCUT2D eigenvalue weighted by Crippen LogP contribution is -1.90. The predicted molar refractivity (Wildman–Crippen MR) is 176 cm³/mol. The molecule has 0 N–H and O–H groups in total. The van der Waals surface area contributed by atoms with Gasteiger partial charge >= 0.3 is 0 Å². The highest BCUT2D eigenvalue weighted by atomic mass is 14.9. The smallest absolute Gasteiger partial charge is 0.0620 e. The van der Waals surface area contributed by atoms with Crippen molar-refractivity contribution in [3.8, 4) is 22.3 Å². The van der Waals surface area contributed by atoms with Gasteiger partial charge in [0.05, 0.1) is 16.6 Å². The number of nitrogens with zero attached hydrogens (tertiary/aromatic N) is 1. The Kier molecular flexibility index (Phi) is 4.52. The lowest BCUT2D eigenvalue weighted by molar-refractivity contribution is 1.38. The molecule has 192 valence electrons. The van der Waals surface area contributed by atoms with Gasteiger partial charge in [0.25, 0.3) is 0 Å². The molecule has 0 amide bonds. The van der Waals surface area contributed by atoms with Crippen LogP contribution in [0.5, 0.6) is 0 Å². The van der Waals surface area contributed by atoms with Crippen LogP contribution in [0.3, 0.4) is 0 Å². The molecule has 0 fully saturated rings. The maximum absolute atomic E-state index is 2.55. The zero-order chi connectivity index (χ0) is 27.2. The molecule has 0 bridgehead atoms. The second kappa shape index (κ2) is 8.19. The van der Waals surface area contributed by atoms with E-state index in [1.165, 1.54) is 93.0 Å². The molecule has 2 aromatic heterocycles. The Morgan fingerprint density at radius 2 is 0.829 bits per heavy atom.